The van der Waals surface area contributed by atoms with Crippen molar-refractivity contribution in [2.24, 2.45) is 4.99 Å². The number of ketones is 1. The Kier molecular flexibility index (Phi) is 4.18. The van der Waals surface area contributed by atoms with Crippen molar-refractivity contribution < 1.29 is 9.90 Å². The van der Waals surface area contributed by atoms with E-state index in [-0.39, 0.29) is 17.1 Å². The zero-order valence-electron chi connectivity index (χ0n) is 9.64. The fourth-order valence-electron chi connectivity index (χ4n) is 1.20. The van der Waals surface area contributed by atoms with Gasteiger partial charge in [0, 0.05) is 6.21 Å². The van der Waals surface area contributed by atoms with Gasteiger partial charge in [0.05, 0.1) is 22.9 Å². The maximum atomic E-state index is 11.2. The first kappa shape index (κ1) is 12.7. The molecule has 0 fully saturated rings. The van der Waals surface area contributed by atoms with Gasteiger partial charge in [-0.25, -0.2) is 0 Å². The first-order valence-electron chi connectivity index (χ1n) is 4.99. The minimum Gasteiger partial charge on any atom is -0.512 e. The van der Waals surface area contributed by atoms with Crippen LogP contribution >= 0.6 is 0 Å². The molecule has 0 unspecified atom stereocenters. The second-order valence-corrected chi connectivity index (χ2v) is 3.47. The van der Waals surface area contributed by atoms with Crippen LogP contribution in [0.25, 0.3) is 0 Å². The largest absolute Gasteiger partial charge is 0.512 e. The summed E-state index contributed by atoms with van der Waals surface area (Å²) in [5, 5.41) is 17.9. The van der Waals surface area contributed by atoms with Crippen LogP contribution in [0, 0.1) is 11.3 Å². The van der Waals surface area contributed by atoms with Gasteiger partial charge in [0.2, 0.25) is 0 Å². The van der Waals surface area contributed by atoms with Crippen LogP contribution in [0.2, 0.25) is 0 Å². The third kappa shape index (κ3) is 3.58. The SMILES string of the molecule is CC(=O)/C(C=Nc1ccc(C#N)cc1)=C(/C)O. The van der Waals surface area contributed by atoms with Gasteiger partial charge in [0.1, 0.15) is 5.76 Å². The fraction of sp³-hybridized carbons (Fsp3) is 0.154. The summed E-state index contributed by atoms with van der Waals surface area (Å²) in [6.45, 7) is 2.79. The van der Waals surface area contributed by atoms with Crippen LogP contribution < -0.4 is 0 Å². The van der Waals surface area contributed by atoms with Crippen LogP contribution in [-0.4, -0.2) is 17.1 Å². The van der Waals surface area contributed by atoms with Gasteiger partial charge in [0.15, 0.2) is 5.78 Å². The molecule has 1 rings (SSSR count). The monoisotopic (exact) mass is 228 g/mol. The number of aliphatic hydroxyl groups is 1. The zero-order valence-corrected chi connectivity index (χ0v) is 9.64. The van der Waals surface area contributed by atoms with Crippen molar-refractivity contribution in [3.05, 3.63) is 41.2 Å². The Morgan fingerprint density at radius 1 is 1.35 bits per heavy atom. The molecule has 0 aliphatic rings. The molecule has 0 bridgehead atoms. The molecular weight excluding hydrogens is 216 g/mol. The first-order valence-corrected chi connectivity index (χ1v) is 4.99. The first-order chi connectivity index (χ1) is 8.04. The minimum atomic E-state index is -0.248. The third-order valence-electron chi connectivity index (χ3n) is 2.11. The van der Waals surface area contributed by atoms with Gasteiger partial charge in [-0.15, -0.1) is 0 Å². The minimum absolute atomic E-state index is 0.0603. The summed E-state index contributed by atoms with van der Waals surface area (Å²) in [6.07, 6.45) is 1.32. The van der Waals surface area contributed by atoms with Crippen LogP contribution in [0.1, 0.15) is 19.4 Å². The number of hydrogen-bond acceptors (Lipinski definition) is 4. The summed E-state index contributed by atoms with van der Waals surface area (Å²) < 4.78 is 0. The Morgan fingerprint density at radius 2 is 1.94 bits per heavy atom. The summed E-state index contributed by atoms with van der Waals surface area (Å²) in [6, 6.07) is 8.60. The number of benzene rings is 1. The van der Waals surface area contributed by atoms with Crippen molar-refractivity contribution >= 4 is 17.7 Å². The van der Waals surface area contributed by atoms with Gasteiger partial charge in [0.25, 0.3) is 0 Å². The third-order valence-corrected chi connectivity index (χ3v) is 2.11. The molecule has 86 valence electrons. The molecule has 0 radical (unpaired) electrons. The number of aliphatic hydroxyl groups excluding tert-OH is 1. The van der Waals surface area contributed by atoms with E-state index in [1.165, 1.54) is 20.1 Å². The maximum Gasteiger partial charge on any atom is 0.164 e. The lowest BCUT2D eigenvalue weighted by molar-refractivity contribution is -0.113. The number of hydrogen-bond donors (Lipinski definition) is 1. The predicted octanol–water partition coefficient (Wildman–Crippen LogP) is 2.68. The number of rotatable bonds is 3. The van der Waals surface area contributed by atoms with Crippen molar-refractivity contribution in [1.29, 1.82) is 5.26 Å². The van der Waals surface area contributed by atoms with E-state index in [4.69, 9.17) is 5.26 Å². The van der Waals surface area contributed by atoms with Crippen LogP contribution in [0.15, 0.2) is 40.6 Å². The number of Topliss-reactive ketones (excluding diaryl/α,β-unsaturated/α-hetero) is 1. The van der Waals surface area contributed by atoms with E-state index < -0.39 is 0 Å². The highest BCUT2D eigenvalue weighted by molar-refractivity contribution is 6.12. The van der Waals surface area contributed by atoms with Crippen molar-refractivity contribution in [3.8, 4) is 6.07 Å². The average Bonchev–Trinajstić information content (AvgIpc) is 2.29. The van der Waals surface area contributed by atoms with Crippen LogP contribution in [0.5, 0.6) is 0 Å². The molecule has 1 aromatic carbocycles. The Morgan fingerprint density at radius 3 is 2.35 bits per heavy atom. The molecule has 0 aromatic heterocycles. The molecule has 1 aromatic rings. The van der Waals surface area contributed by atoms with Gasteiger partial charge >= 0.3 is 0 Å². The molecule has 4 nitrogen and oxygen atoms in total. The lowest BCUT2D eigenvalue weighted by atomic mass is 10.2. The Bertz CT molecular complexity index is 515. The van der Waals surface area contributed by atoms with E-state index in [0.717, 1.165) is 0 Å². The van der Waals surface area contributed by atoms with Gasteiger partial charge < -0.3 is 5.11 Å². The quantitative estimate of drug-likeness (QED) is 0.491. The Hall–Kier alpha value is -2.41. The topological polar surface area (TPSA) is 73.5 Å². The normalized spacial score (nSPS) is 12.1. The van der Waals surface area contributed by atoms with Gasteiger partial charge in [-0.1, -0.05) is 0 Å². The maximum absolute atomic E-state index is 11.2. The Labute approximate surface area is 99.5 Å². The average molecular weight is 228 g/mol. The summed E-state index contributed by atoms with van der Waals surface area (Å²) >= 11 is 0. The number of nitriles is 1. The number of aliphatic imine (C=N–C) groups is 1. The summed E-state index contributed by atoms with van der Waals surface area (Å²) in [4.78, 5) is 15.2. The van der Waals surface area contributed by atoms with Gasteiger partial charge in [-0.3, -0.25) is 9.79 Å². The molecule has 0 amide bonds. The molecule has 0 heterocycles. The second-order valence-electron chi connectivity index (χ2n) is 3.47. The number of nitrogens with zero attached hydrogens (tertiary/aromatic N) is 2. The van der Waals surface area contributed by atoms with E-state index in [9.17, 15) is 9.90 Å². The lowest BCUT2D eigenvalue weighted by Gasteiger charge is -1.98. The highest BCUT2D eigenvalue weighted by Gasteiger charge is 2.04. The van der Waals surface area contributed by atoms with Crippen LogP contribution in [0.4, 0.5) is 5.69 Å². The molecule has 0 spiro atoms. The van der Waals surface area contributed by atoms with Crippen LogP contribution in [-0.2, 0) is 4.79 Å². The lowest BCUT2D eigenvalue weighted by Crippen LogP contribution is -2.01. The van der Waals surface area contributed by atoms with E-state index >= 15 is 0 Å². The fourth-order valence-corrected chi connectivity index (χ4v) is 1.20. The highest BCUT2D eigenvalue weighted by Crippen LogP contribution is 2.13. The molecule has 0 aliphatic heterocycles. The second kappa shape index (κ2) is 5.61. The Balaban J connectivity index is 2.94. The predicted molar refractivity (Wildman–Crippen MR) is 65.3 cm³/mol. The van der Waals surface area contributed by atoms with Crippen molar-refractivity contribution in [2.75, 3.05) is 0 Å². The van der Waals surface area contributed by atoms with Crippen molar-refractivity contribution in [1.82, 2.24) is 0 Å². The number of carbonyl (C=O) groups is 1. The molecule has 17 heavy (non-hydrogen) atoms. The van der Waals surface area contributed by atoms with Gasteiger partial charge in [-0.2, -0.15) is 5.26 Å². The number of carbonyl (C=O) groups excluding carboxylic acids is 1. The van der Waals surface area contributed by atoms with Crippen molar-refractivity contribution in [3.63, 3.8) is 0 Å². The molecule has 4 heteroatoms. The van der Waals surface area contributed by atoms with E-state index in [2.05, 4.69) is 4.99 Å². The van der Waals surface area contributed by atoms with Crippen LogP contribution in [0.3, 0.4) is 0 Å². The zero-order chi connectivity index (χ0) is 12.8. The molecule has 0 aliphatic carbocycles. The smallest absolute Gasteiger partial charge is 0.164 e. The van der Waals surface area contributed by atoms with E-state index in [0.29, 0.717) is 11.3 Å². The standard InChI is InChI=1S/C13H12N2O2/c1-9(16)13(10(2)17)8-15-12-5-3-11(7-14)4-6-12/h3-6,8,16H,1-2H3/b13-9-,15-8?. The summed E-state index contributed by atoms with van der Waals surface area (Å²) in [5.41, 5.74) is 1.34. The molecular formula is C13H12N2O2. The molecule has 0 saturated carbocycles. The molecule has 0 saturated heterocycles. The van der Waals surface area contributed by atoms with E-state index in [1.54, 1.807) is 24.3 Å². The summed E-state index contributed by atoms with van der Waals surface area (Å²) in [5.74, 6) is -0.308. The highest BCUT2D eigenvalue weighted by atomic mass is 16.3. The summed E-state index contributed by atoms with van der Waals surface area (Å²) in [7, 11) is 0. The molecule has 0 atom stereocenters. The number of allylic oxidation sites excluding steroid dienone is 2. The van der Waals surface area contributed by atoms with E-state index in [1.807, 2.05) is 6.07 Å². The van der Waals surface area contributed by atoms with Gasteiger partial charge in [-0.05, 0) is 38.1 Å². The molecule has 1 N–H and O–H groups in total. The van der Waals surface area contributed by atoms with Crippen molar-refractivity contribution in [2.45, 2.75) is 13.8 Å².